The van der Waals surface area contributed by atoms with Crippen LogP contribution in [0.2, 0.25) is 0 Å². The third-order valence-electron chi connectivity index (χ3n) is 11.1. The maximum atomic E-state index is 13.1. The van der Waals surface area contributed by atoms with E-state index >= 15 is 0 Å². The van der Waals surface area contributed by atoms with Crippen molar-refractivity contribution < 1.29 is 34.1 Å². The lowest BCUT2D eigenvalue weighted by atomic mass is 9.37. The fourth-order valence-electron chi connectivity index (χ4n) is 9.63. The largest absolute Gasteiger partial charge is 0.469 e. The molecular formula is C28H44O7. The van der Waals surface area contributed by atoms with Crippen LogP contribution in [-0.2, 0) is 23.9 Å². The topological polar surface area (TPSA) is 110 Å². The Hall–Kier alpha value is -1.47. The van der Waals surface area contributed by atoms with E-state index < -0.39 is 35.4 Å². The Morgan fingerprint density at radius 2 is 1.66 bits per heavy atom. The molecule has 4 unspecified atom stereocenters. The number of ketones is 1. The molecule has 0 aromatic rings. The molecule has 0 aromatic carbocycles. The second kappa shape index (κ2) is 9.13. The highest BCUT2D eigenvalue weighted by Gasteiger charge is 2.68. The summed E-state index contributed by atoms with van der Waals surface area (Å²) in [6.45, 7) is 9.78. The molecule has 4 fully saturated rings. The summed E-state index contributed by atoms with van der Waals surface area (Å²) in [5.74, 6) is -2.31. The molecule has 7 nitrogen and oxygen atoms in total. The van der Waals surface area contributed by atoms with Crippen LogP contribution in [-0.4, -0.2) is 53.9 Å². The number of fused-ring (bicyclic) bond motifs is 5. The second-order valence-electron chi connectivity index (χ2n) is 12.9. The first-order valence-corrected chi connectivity index (χ1v) is 13.4. The zero-order chi connectivity index (χ0) is 25.9. The molecule has 35 heavy (non-hydrogen) atoms. The van der Waals surface area contributed by atoms with Crippen molar-refractivity contribution in [1.82, 2.24) is 0 Å². The number of rotatable bonds is 4. The number of Topliss-reactive ketones (excluding diaryl/α,β-unsaturated/α-hetero) is 1. The zero-order valence-electron chi connectivity index (χ0n) is 22.2. The molecule has 198 valence electrons. The van der Waals surface area contributed by atoms with Crippen molar-refractivity contribution in [1.29, 1.82) is 0 Å². The number of aliphatic hydroxyl groups is 2. The van der Waals surface area contributed by atoms with E-state index in [9.17, 15) is 24.6 Å². The number of ether oxygens (including phenoxy) is 2. The predicted molar refractivity (Wildman–Crippen MR) is 129 cm³/mol. The zero-order valence-corrected chi connectivity index (χ0v) is 22.2. The van der Waals surface area contributed by atoms with Crippen LogP contribution in [0.15, 0.2) is 0 Å². The number of carbonyl (C=O) groups is 3. The smallest absolute Gasteiger partial charge is 0.310 e. The maximum Gasteiger partial charge on any atom is 0.310 e. The Balaban J connectivity index is 1.79. The number of hydrogen-bond acceptors (Lipinski definition) is 7. The van der Waals surface area contributed by atoms with Gasteiger partial charge in [0.1, 0.15) is 5.78 Å². The first-order chi connectivity index (χ1) is 16.3. The van der Waals surface area contributed by atoms with E-state index in [4.69, 9.17) is 9.47 Å². The number of esters is 2. The van der Waals surface area contributed by atoms with E-state index in [2.05, 4.69) is 13.8 Å². The van der Waals surface area contributed by atoms with Crippen molar-refractivity contribution >= 4 is 17.7 Å². The first kappa shape index (κ1) is 26.6. The van der Waals surface area contributed by atoms with Crippen LogP contribution in [0.4, 0.5) is 0 Å². The third kappa shape index (κ3) is 3.96. The Bertz CT molecular complexity index is 867. The number of carbonyl (C=O) groups excluding carboxylic acids is 3. The summed E-state index contributed by atoms with van der Waals surface area (Å²) < 4.78 is 10.9. The molecule has 0 radical (unpaired) electrons. The van der Waals surface area contributed by atoms with Crippen LogP contribution in [0.1, 0.15) is 79.6 Å². The molecule has 0 amide bonds. The SMILES string of the molecule is COC(=O)[C@H]1[C@H](C(C)=O)[C@@H](O)CC2C3CCC4C(C)(C)CCC[C@]4(COC(C)=O)C3C[C@@H](O)[C@@]21C. The van der Waals surface area contributed by atoms with Gasteiger partial charge >= 0.3 is 11.9 Å². The van der Waals surface area contributed by atoms with Gasteiger partial charge in [-0.1, -0.05) is 27.2 Å². The Kier molecular flexibility index (Phi) is 6.93. The molecule has 0 bridgehead atoms. The maximum absolute atomic E-state index is 13.1. The van der Waals surface area contributed by atoms with E-state index in [0.717, 1.165) is 32.1 Å². The Labute approximate surface area is 209 Å². The minimum atomic E-state index is -0.953. The lowest BCUT2D eigenvalue weighted by Gasteiger charge is -2.67. The van der Waals surface area contributed by atoms with Gasteiger partial charge < -0.3 is 19.7 Å². The molecule has 4 rings (SSSR count). The van der Waals surface area contributed by atoms with Gasteiger partial charge in [0.15, 0.2) is 0 Å². The monoisotopic (exact) mass is 492 g/mol. The van der Waals surface area contributed by atoms with Crippen molar-refractivity contribution in [2.45, 2.75) is 91.8 Å². The van der Waals surface area contributed by atoms with Crippen LogP contribution in [0.5, 0.6) is 0 Å². The van der Waals surface area contributed by atoms with Gasteiger partial charge in [0.05, 0.1) is 37.8 Å². The highest BCUT2D eigenvalue weighted by molar-refractivity contribution is 5.86. The van der Waals surface area contributed by atoms with Gasteiger partial charge in [0, 0.05) is 17.8 Å². The molecule has 0 spiro atoms. The van der Waals surface area contributed by atoms with Crippen molar-refractivity contribution in [3.8, 4) is 0 Å². The van der Waals surface area contributed by atoms with Crippen LogP contribution in [0.25, 0.3) is 0 Å². The van der Waals surface area contributed by atoms with E-state index in [-0.39, 0.29) is 40.3 Å². The van der Waals surface area contributed by atoms with Crippen molar-refractivity contribution in [2.75, 3.05) is 13.7 Å². The molecule has 0 saturated heterocycles. The molecule has 10 atom stereocenters. The summed E-state index contributed by atoms with van der Waals surface area (Å²) in [4.78, 5) is 37.6. The van der Waals surface area contributed by atoms with E-state index in [0.29, 0.717) is 25.4 Å². The average molecular weight is 493 g/mol. The average Bonchev–Trinajstić information content (AvgIpc) is 2.77. The quantitative estimate of drug-likeness (QED) is 0.578. The molecule has 4 aliphatic carbocycles. The minimum absolute atomic E-state index is 0.107. The lowest BCUT2D eigenvalue weighted by molar-refractivity contribution is -0.242. The Morgan fingerprint density at radius 3 is 2.26 bits per heavy atom. The van der Waals surface area contributed by atoms with E-state index in [1.165, 1.54) is 21.0 Å². The molecule has 0 aliphatic heterocycles. The summed E-state index contributed by atoms with van der Waals surface area (Å²) >= 11 is 0. The summed E-state index contributed by atoms with van der Waals surface area (Å²) in [6.07, 6.45) is 4.16. The third-order valence-corrected chi connectivity index (χ3v) is 11.1. The second-order valence-corrected chi connectivity index (χ2v) is 12.9. The molecule has 0 aromatic heterocycles. The fraction of sp³-hybridized carbons (Fsp3) is 0.893. The minimum Gasteiger partial charge on any atom is -0.469 e. The van der Waals surface area contributed by atoms with Gasteiger partial charge in [-0.15, -0.1) is 0 Å². The summed E-state index contributed by atoms with van der Waals surface area (Å²) in [6, 6.07) is 0. The summed E-state index contributed by atoms with van der Waals surface area (Å²) in [7, 11) is 1.31. The molecule has 0 heterocycles. The van der Waals surface area contributed by atoms with Crippen molar-refractivity contribution in [3.05, 3.63) is 0 Å². The van der Waals surface area contributed by atoms with Crippen LogP contribution in [0, 0.1) is 51.8 Å². The number of methoxy groups -OCH3 is 1. The van der Waals surface area contributed by atoms with Crippen LogP contribution >= 0.6 is 0 Å². The number of hydrogen-bond donors (Lipinski definition) is 2. The summed E-state index contributed by atoms with van der Waals surface area (Å²) in [5, 5.41) is 23.0. The highest BCUT2D eigenvalue weighted by Crippen LogP contribution is 2.69. The van der Waals surface area contributed by atoms with E-state index in [1.807, 2.05) is 6.92 Å². The fourth-order valence-corrected chi connectivity index (χ4v) is 9.63. The molecule has 7 heteroatoms. The van der Waals surface area contributed by atoms with Gasteiger partial charge in [0.25, 0.3) is 0 Å². The molecule has 4 aliphatic rings. The highest BCUT2D eigenvalue weighted by atomic mass is 16.5. The van der Waals surface area contributed by atoms with Gasteiger partial charge in [-0.2, -0.15) is 0 Å². The summed E-state index contributed by atoms with van der Waals surface area (Å²) in [5.41, 5.74) is -0.999. The molecule has 2 N–H and O–H groups in total. The molecule has 4 saturated carbocycles. The van der Waals surface area contributed by atoms with Crippen molar-refractivity contribution in [3.63, 3.8) is 0 Å². The molecular weight excluding hydrogens is 448 g/mol. The van der Waals surface area contributed by atoms with Gasteiger partial charge in [0.2, 0.25) is 0 Å². The van der Waals surface area contributed by atoms with Crippen LogP contribution < -0.4 is 0 Å². The van der Waals surface area contributed by atoms with Crippen molar-refractivity contribution in [2.24, 2.45) is 51.8 Å². The number of aliphatic hydroxyl groups excluding tert-OH is 2. The standard InChI is InChI=1S/C28H44O7/c1-15(29)23-20(31)12-18-17-8-9-21-26(3,4)10-7-11-28(21,14-35-16(2)30)19(17)13-22(32)27(18,5)24(23)25(33)34-6/h17-24,31-32H,7-14H2,1-6H3/t17?,18?,19?,20-,21?,22+,23+,24+,27+,28-/m0/s1. The predicted octanol–water partition coefficient (Wildman–Crippen LogP) is 3.53. The van der Waals surface area contributed by atoms with Gasteiger partial charge in [-0.25, -0.2) is 0 Å². The normalized spacial score (nSPS) is 46.4. The lowest BCUT2D eigenvalue weighted by Crippen LogP contribution is -2.68. The first-order valence-electron chi connectivity index (χ1n) is 13.4. The van der Waals surface area contributed by atoms with E-state index in [1.54, 1.807) is 0 Å². The Morgan fingerprint density at radius 1 is 0.971 bits per heavy atom. The van der Waals surface area contributed by atoms with Crippen LogP contribution in [0.3, 0.4) is 0 Å². The van der Waals surface area contributed by atoms with Gasteiger partial charge in [-0.05, 0) is 74.5 Å². The van der Waals surface area contributed by atoms with Gasteiger partial charge in [-0.3, -0.25) is 14.4 Å².